The van der Waals surface area contributed by atoms with Gasteiger partial charge in [-0.05, 0) is 0 Å². The molecule has 0 nitrogen and oxygen atoms in total. The fourth-order valence-electron chi connectivity index (χ4n) is 0.352. The van der Waals surface area contributed by atoms with Crippen molar-refractivity contribution in [2.75, 3.05) is 0 Å². The summed E-state index contributed by atoms with van der Waals surface area (Å²) >= 11 is 8.93. The minimum atomic E-state index is -4.14. The number of hydrogen-bond acceptors (Lipinski definition) is 0. The first kappa shape index (κ1) is 15.4. The summed E-state index contributed by atoms with van der Waals surface area (Å²) in [5, 5.41) is 0. The molecule has 0 rings (SSSR count). The highest BCUT2D eigenvalue weighted by Gasteiger charge is 2.53. The van der Waals surface area contributed by atoms with Crippen LogP contribution in [0.1, 0.15) is 6.42 Å². The van der Waals surface area contributed by atoms with Crippen LogP contribution in [-0.4, -0.2) is 7.04 Å². The number of halogens is 8. The van der Waals surface area contributed by atoms with Gasteiger partial charge in [0, 0.05) is 6.42 Å². The van der Waals surface area contributed by atoms with Crippen LogP contribution in [0, 0.1) is 0 Å². The van der Waals surface area contributed by atoms with Crippen LogP contribution in [0.2, 0.25) is 0 Å². The van der Waals surface area contributed by atoms with Gasteiger partial charge in [0.25, 0.3) is 0 Å². The summed E-state index contributed by atoms with van der Waals surface area (Å²) in [4.78, 5) is 0. The molecule has 0 aliphatic heterocycles. The van der Waals surface area contributed by atoms with Crippen molar-refractivity contribution >= 4 is 113 Å². The van der Waals surface area contributed by atoms with Crippen LogP contribution in [-0.2, 0) is 0 Å². The molecule has 0 aliphatic rings. The van der Waals surface area contributed by atoms with E-state index in [4.69, 9.17) is 0 Å². The molecule has 0 bridgehead atoms. The highest BCUT2D eigenvalue weighted by Crippen LogP contribution is 2.54. The Morgan fingerprint density at radius 1 is 0.833 bits per heavy atom. The van der Waals surface area contributed by atoms with Gasteiger partial charge in [-0.15, -0.1) is 0 Å². The lowest BCUT2D eigenvalue weighted by Gasteiger charge is -2.27. The minimum Gasteiger partial charge on any atom is -0.169 e. The maximum absolute atomic E-state index is 12.3. The van der Waals surface area contributed by atoms with Crippen molar-refractivity contribution in [2.24, 2.45) is 0 Å². The van der Waals surface area contributed by atoms with Gasteiger partial charge in [0.1, 0.15) is -0.565 Å². The van der Waals surface area contributed by atoms with Gasteiger partial charge in [-0.1, -0.05) is 113 Å². The van der Waals surface area contributed by atoms with Gasteiger partial charge < -0.3 is 0 Å². The first-order chi connectivity index (χ1) is 4.96. The predicted molar refractivity (Wildman–Crippen MR) is 86.2 cm³/mol. The molecule has 0 heterocycles. The van der Waals surface area contributed by atoms with Crippen molar-refractivity contribution in [2.45, 2.75) is 13.5 Å². The van der Waals surface area contributed by atoms with Crippen LogP contribution in [0.5, 0.6) is 0 Å². The van der Waals surface area contributed by atoms with E-state index in [0.717, 1.165) is 0 Å². The maximum Gasteiger partial charge on any atom is 0.412 e. The normalized spacial score (nSPS) is 15.0. The number of alkyl halides is 8. The van der Waals surface area contributed by atoms with Crippen molar-refractivity contribution in [1.82, 2.24) is 0 Å². The van der Waals surface area contributed by atoms with Crippen LogP contribution in [0.15, 0.2) is 0 Å². The van der Waals surface area contributed by atoms with E-state index in [0.29, 0.717) is 0 Å². The third-order valence-corrected chi connectivity index (χ3v) is 3.97. The Morgan fingerprint density at radius 2 is 1.17 bits per heavy atom. The molecule has 0 saturated heterocycles. The SMILES string of the molecule is FC(F)(F)C(I)(I)CC(I)(I)I. The Balaban J connectivity index is 4.44. The zero-order valence-corrected chi connectivity index (χ0v) is 16.0. The Morgan fingerprint density at radius 3 is 1.25 bits per heavy atom. The second kappa shape index (κ2) is 5.18. The summed E-state index contributed by atoms with van der Waals surface area (Å²) < 4.78 is 35.0. The molecule has 74 valence electrons. The minimum absolute atomic E-state index is 0.0896. The van der Waals surface area contributed by atoms with Crippen LogP contribution in [0.3, 0.4) is 0 Å². The average Bonchev–Trinajstić information content (AvgIpc) is 1.52. The van der Waals surface area contributed by atoms with Crippen molar-refractivity contribution in [3.8, 4) is 0 Å². The first-order valence-electron chi connectivity index (χ1n) is 2.47. The van der Waals surface area contributed by atoms with Crippen molar-refractivity contribution < 1.29 is 13.2 Å². The fraction of sp³-hybridized carbons (Fsp3) is 1.00. The largest absolute Gasteiger partial charge is 0.412 e. The molecule has 0 atom stereocenters. The molecule has 0 aromatic rings. The average molecular weight is 742 g/mol. The van der Waals surface area contributed by atoms with E-state index in [9.17, 15) is 13.2 Å². The van der Waals surface area contributed by atoms with Crippen molar-refractivity contribution in [3.05, 3.63) is 0 Å². The Hall–Kier alpha value is 3.44. The van der Waals surface area contributed by atoms with Crippen LogP contribution < -0.4 is 0 Å². The van der Waals surface area contributed by atoms with Gasteiger partial charge in [0.2, 0.25) is 0 Å². The number of rotatable bonds is 2. The summed E-state index contributed by atoms with van der Waals surface area (Å²) in [6.07, 6.45) is -4.05. The fourth-order valence-corrected chi connectivity index (χ4v) is 7.59. The van der Waals surface area contributed by atoms with Gasteiger partial charge in [-0.3, -0.25) is 0 Å². The highest BCUT2D eigenvalue weighted by molar-refractivity contribution is 14.3. The van der Waals surface area contributed by atoms with Gasteiger partial charge in [-0.2, -0.15) is 13.2 Å². The zero-order chi connectivity index (χ0) is 10.2. The summed E-state index contributed by atoms with van der Waals surface area (Å²) in [6, 6.07) is 0. The Kier molecular flexibility index (Phi) is 6.66. The second-order valence-electron chi connectivity index (χ2n) is 1.99. The standard InChI is InChI=1S/C4H2F3I5/c5-4(6,7)2(8,9)1-3(10,11)12/h1H2. The first-order valence-corrected chi connectivity index (χ1v) is 7.86. The van der Waals surface area contributed by atoms with Crippen molar-refractivity contribution in [1.29, 1.82) is 0 Å². The Labute approximate surface area is 137 Å². The van der Waals surface area contributed by atoms with E-state index < -0.39 is 7.60 Å². The zero-order valence-electron chi connectivity index (χ0n) is 5.23. The molecular formula is C4H2F3I5. The van der Waals surface area contributed by atoms with E-state index in [1.54, 1.807) is 0 Å². The molecular weight excluding hydrogens is 740 g/mol. The summed E-state index contributed by atoms with van der Waals surface area (Å²) in [5.41, 5.74) is 0. The molecule has 0 radical (unpaired) electrons. The van der Waals surface area contributed by atoms with Gasteiger partial charge in [0.15, 0.2) is 1.43 Å². The molecule has 0 aromatic carbocycles. The predicted octanol–water partition coefficient (Wildman–Crippen LogP) is 5.46. The lowest BCUT2D eigenvalue weighted by atomic mass is 10.3. The summed E-state index contributed by atoms with van der Waals surface area (Å²) in [6.45, 7) is 0. The van der Waals surface area contributed by atoms with Gasteiger partial charge in [-0.25, -0.2) is 0 Å². The van der Waals surface area contributed by atoms with E-state index in [1.807, 2.05) is 67.8 Å². The maximum atomic E-state index is 12.3. The smallest absolute Gasteiger partial charge is 0.169 e. The van der Waals surface area contributed by atoms with Crippen LogP contribution >= 0.6 is 113 Å². The second-order valence-corrected chi connectivity index (χ2v) is 19.5. The molecule has 0 unspecified atom stereocenters. The molecule has 0 amide bonds. The quantitative estimate of drug-likeness (QED) is 0.261. The molecule has 0 aromatic heterocycles. The molecule has 0 spiro atoms. The molecule has 12 heavy (non-hydrogen) atoms. The monoisotopic (exact) mass is 742 g/mol. The molecule has 0 N–H and O–H groups in total. The van der Waals surface area contributed by atoms with Crippen LogP contribution in [0.4, 0.5) is 13.2 Å². The van der Waals surface area contributed by atoms with E-state index >= 15 is 0 Å². The van der Waals surface area contributed by atoms with Gasteiger partial charge in [0.05, 0.1) is 0 Å². The van der Waals surface area contributed by atoms with Crippen molar-refractivity contribution in [3.63, 3.8) is 0 Å². The van der Waals surface area contributed by atoms with E-state index in [2.05, 4.69) is 0 Å². The van der Waals surface area contributed by atoms with E-state index in [-0.39, 0.29) is 5.86 Å². The van der Waals surface area contributed by atoms with E-state index in [1.165, 1.54) is 45.2 Å². The Bertz CT molecular complexity index is 157. The molecule has 8 heteroatoms. The summed E-state index contributed by atoms with van der Waals surface area (Å²) in [7, 11) is 0. The lowest BCUT2D eigenvalue weighted by molar-refractivity contribution is -0.129. The topological polar surface area (TPSA) is 0 Å². The summed E-state index contributed by atoms with van der Waals surface area (Å²) in [5.74, 6) is 0. The molecule has 0 fully saturated rings. The number of hydrogen-bond donors (Lipinski definition) is 0. The molecule has 0 saturated carbocycles. The third-order valence-electron chi connectivity index (χ3n) is 0.837. The molecule has 0 aliphatic carbocycles. The van der Waals surface area contributed by atoms with Crippen LogP contribution in [0.25, 0.3) is 0 Å². The van der Waals surface area contributed by atoms with Gasteiger partial charge >= 0.3 is 6.18 Å². The highest BCUT2D eigenvalue weighted by atomic mass is 127. The lowest BCUT2D eigenvalue weighted by Crippen LogP contribution is -2.35. The third kappa shape index (κ3) is 6.12.